The molecule has 0 aliphatic heterocycles. The highest BCUT2D eigenvalue weighted by molar-refractivity contribution is 5.93. The van der Waals surface area contributed by atoms with E-state index in [2.05, 4.69) is 10.3 Å². The number of carbonyl (C=O) groups excluding carboxylic acids is 2. The molecular formula is C19H25N3O3. The van der Waals surface area contributed by atoms with Crippen LogP contribution in [0.3, 0.4) is 0 Å². The van der Waals surface area contributed by atoms with Gasteiger partial charge in [-0.05, 0) is 44.4 Å². The highest BCUT2D eigenvalue weighted by Crippen LogP contribution is 2.23. The fourth-order valence-corrected chi connectivity index (χ4v) is 2.92. The van der Waals surface area contributed by atoms with E-state index in [9.17, 15) is 9.59 Å². The van der Waals surface area contributed by atoms with Crippen LogP contribution in [0.25, 0.3) is 0 Å². The van der Waals surface area contributed by atoms with Gasteiger partial charge in [-0.1, -0.05) is 6.07 Å². The summed E-state index contributed by atoms with van der Waals surface area (Å²) in [7, 11) is 1.91. The molecule has 2 aromatic rings. The number of hydrogen-bond donors (Lipinski definition) is 1. The van der Waals surface area contributed by atoms with Crippen LogP contribution in [-0.4, -0.2) is 28.0 Å². The van der Waals surface area contributed by atoms with Gasteiger partial charge in [0.15, 0.2) is 0 Å². The van der Waals surface area contributed by atoms with Crippen LogP contribution in [0.15, 0.2) is 24.5 Å². The number of hydrogen-bond acceptors (Lipinski definition) is 4. The van der Waals surface area contributed by atoms with Gasteiger partial charge in [0.05, 0.1) is 12.2 Å². The second kappa shape index (κ2) is 8.46. The Morgan fingerprint density at radius 3 is 2.72 bits per heavy atom. The van der Waals surface area contributed by atoms with Gasteiger partial charge < -0.3 is 14.6 Å². The monoisotopic (exact) mass is 343 g/mol. The highest BCUT2D eigenvalue weighted by Gasteiger charge is 2.22. The minimum absolute atomic E-state index is 0.0280. The van der Waals surface area contributed by atoms with Crippen LogP contribution in [0.4, 0.5) is 0 Å². The Morgan fingerprint density at radius 2 is 2.08 bits per heavy atom. The van der Waals surface area contributed by atoms with E-state index in [-0.39, 0.29) is 11.9 Å². The zero-order valence-electron chi connectivity index (χ0n) is 15.3. The third-order valence-electron chi connectivity index (χ3n) is 4.36. The second-order valence-electron chi connectivity index (χ2n) is 5.95. The predicted octanol–water partition coefficient (Wildman–Crippen LogP) is 2.46. The molecule has 134 valence electrons. The van der Waals surface area contributed by atoms with Crippen molar-refractivity contribution >= 4 is 11.9 Å². The van der Waals surface area contributed by atoms with Crippen LogP contribution < -0.4 is 5.32 Å². The average Bonchev–Trinajstić information content (AvgIpc) is 2.81. The van der Waals surface area contributed by atoms with Gasteiger partial charge in [-0.25, -0.2) is 4.79 Å². The van der Waals surface area contributed by atoms with Gasteiger partial charge >= 0.3 is 5.97 Å². The number of nitrogens with one attached hydrogen (secondary N) is 1. The molecule has 0 radical (unpaired) electrons. The summed E-state index contributed by atoms with van der Waals surface area (Å²) in [5, 5.41) is 2.89. The molecule has 0 unspecified atom stereocenters. The summed E-state index contributed by atoms with van der Waals surface area (Å²) >= 11 is 0. The summed E-state index contributed by atoms with van der Waals surface area (Å²) in [4.78, 5) is 28.3. The maximum Gasteiger partial charge on any atom is 0.340 e. The van der Waals surface area contributed by atoms with Crippen LogP contribution in [0.5, 0.6) is 0 Å². The molecule has 1 amide bonds. The molecule has 0 aliphatic rings. The average molecular weight is 343 g/mol. The zero-order chi connectivity index (χ0) is 18.4. The number of nitrogens with zero attached hydrogens (tertiary/aromatic N) is 2. The van der Waals surface area contributed by atoms with Crippen molar-refractivity contribution in [2.45, 2.75) is 40.2 Å². The number of aromatic nitrogens is 2. The predicted molar refractivity (Wildman–Crippen MR) is 95.2 cm³/mol. The van der Waals surface area contributed by atoms with Crippen molar-refractivity contribution in [3.63, 3.8) is 0 Å². The van der Waals surface area contributed by atoms with E-state index >= 15 is 0 Å². The van der Waals surface area contributed by atoms with Crippen molar-refractivity contribution in [2.24, 2.45) is 7.05 Å². The zero-order valence-corrected chi connectivity index (χ0v) is 15.3. The topological polar surface area (TPSA) is 73.2 Å². The molecule has 2 rings (SSSR count). The summed E-state index contributed by atoms with van der Waals surface area (Å²) in [6.07, 6.45) is 4.37. The molecule has 0 fully saturated rings. The minimum Gasteiger partial charge on any atom is -0.462 e. The maximum absolute atomic E-state index is 12.1. The summed E-state index contributed by atoms with van der Waals surface area (Å²) in [5.41, 5.74) is 4.30. The van der Waals surface area contributed by atoms with E-state index < -0.39 is 0 Å². The molecule has 0 bridgehead atoms. The second-order valence-corrected chi connectivity index (χ2v) is 5.95. The van der Waals surface area contributed by atoms with Crippen molar-refractivity contribution in [3.05, 3.63) is 52.6 Å². The first-order valence-electron chi connectivity index (χ1n) is 8.43. The van der Waals surface area contributed by atoms with Crippen LogP contribution in [-0.2, 0) is 29.5 Å². The number of pyridine rings is 1. The van der Waals surface area contributed by atoms with Crippen LogP contribution in [0.2, 0.25) is 0 Å². The lowest BCUT2D eigenvalue weighted by molar-refractivity contribution is -0.121. The Hall–Kier alpha value is -2.63. The molecule has 0 saturated heterocycles. The smallest absolute Gasteiger partial charge is 0.340 e. The molecule has 0 atom stereocenters. The quantitative estimate of drug-likeness (QED) is 0.784. The van der Waals surface area contributed by atoms with E-state index in [1.165, 1.54) is 0 Å². The van der Waals surface area contributed by atoms with Crippen LogP contribution >= 0.6 is 0 Å². The molecule has 6 heteroatoms. The van der Waals surface area contributed by atoms with Crippen molar-refractivity contribution in [3.8, 4) is 0 Å². The molecule has 0 aromatic carbocycles. The van der Waals surface area contributed by atoms with E-state index in [1.54, 1.807) is 19.3 Å². The van der Waals surface area contributed by atoms with Crippen molar-refractivity contribution < 1.29 is 14.3 Å². The lowest BCUT2D eigenvalue weighted by Gasteiger charge is -2.08. The number of carbonyl (C=O) groups is 2. The van der Waals surface area contributed by atoms with Crippen LogP contribution in [0.1, 0.15) is 46.2 Å². The summed E-state index contributed by atoms with van der Waals surface area (Å²) in [6.45, 7) is 6.40. The normalized spacial score (nSPS) is 10.6. The SMILES string of the molecule is CCOC(=O)c1c(C)c(CCC(=O)NCc2cccnc2)n(C)c1C. The van der Waals surface area contributed by atoms with E-state index in [1.807, 2.05) is 37.6 Å². The van der Waals surface area contributed by atoms with Gasteiger partial charge in [-0.15, -0.1) is 0 Å². The number of ether oxygens (including phenoxy) is 1. The fourth-order valence-electron chi connectivity index (χ4n) is 2.92. The maximum atomic E-state index is 12.1. The van der Waals surface area contributed by atoms with Crippen molar-refractivity contribution in [2.75, 3.05) is 6.61 Å². The Bertz CT molecular complexity index is 751. The Morgan fingerprint density at radius 1 is 1.32 bits per heavy atom. The van der Waals surface area contributed by atoms with Gasteiger partial charge in [0.1, 0.15) is 0 Å². The molecule has 0 spiro atoms. The molecule has 25 heavy (non-hydrogen) atoms. The molecule has 2 heterocycles. The van der Waals surface area contributed by atoms with Crippen LogP contribution in [0, 0.1) is 13.8 Å². The number of esters is 1. The molecular weight excluding hydrogens is 318 g/mol. The lowest BCUT2D eigenvalue weighted by atomic mass is 10.1. The van der Waals surface area contributed by atoms with Gasteiger partial charge in [0.2, 0.25) is 5.91 Å². The van der Waals surface area contributed by atoms with Crippen molar-refractivity contribution in [1.29, 1.82) is 0 Å². The van der Waals surface area contributed by atoms with Gasteiger partial charge in [0, 0.05) is 43.8 Å². The standard InChI is InChI=1S/C19H25N3O3/c1-5-25-19(24)18-13(2)16(22(4)14(18)3)8-9-17(23)21-12-15-7-6-10-20-11-15/h6-7,10-11H,5,8-9,12H2,1-4H3,(H,21,23). The molecule has 1 N–H and O–H groups in total. The first kappa shape index (κ1) is 18.7. The highest BCUT2D eigenvalue weighted by atomic mass is 16.5. The van der Waals surface area contributed by atoms with Gasteiger partial charge in [0.25, 0.3) is 0 Å². The Labute approximate surface area is 148 Å². The van der Waals surface area contributed by atoms with Gasteiger partial charge in [-0.3, -0.25) is 9.78 Å². The summed E-state index contributed by atoms with van der Waals surface area (Å²) in [5.74, 6) is -0.333. The molecule has 0 saturated carbocycles. The van der Waals surface area contributed by atoms with Crippen molar-refractivity contribution in [1.82, 2.24) is 14.9 Å². The summed E-state index contributed by atoms with van der Waals surface area (Å²) in [6, 6.07) is 3.76. The molecule has 2 aromatic heterocycles. The number of rotatable bonds is 7. The number of amides is 1. The molecule has 0 aliphatic carbocycles. The third-order valence-corrected chi connectivity index (χ3v) is 4.36. The molecule has 6 nitrogen and oxygen atoms in total. The lowest BCUT2D eigenvalue weighted by Crippen LogP contribution is -2.23. The summed E-state index contributed by atoms with van der Waals surface area (Å²) < 4.78 is 7.10. The first-order valence-corrected chi connectivity index (χ1v) is 8.43. The first-order chi connectivity index (χ1) is 12.0. The third kappa shape index (κ3) is 4.47. The van der Waals surface area contributed by atoms with E-state index in [0.717, 1.165) is 22.5 Å². The Kier molecular flexibility index (Phi) is 6.33. The minimum atomic E-state index is -0.305. The van der Waals surface area contributed by atoms with Gasteiger partial charge in [-0.2, -0.15) is 0 Å². The fraction of sp³-hybridized carbons (Fsp3) is 0.421. The van der Waals surface area contributed by atoms with E-state index in [4.69, 9.17) is 4.74 Å². The largest absolute Gasteiger partial charge is 0.462 e. The van der Waals surface area contributed by atoms with E-state index in [0.29, 0.717) is 31.6 Å². The Balaban J connectivity index is 1.99.